The van der Waals surface area contributed by atoms with Crippen molar-refractivity contribution in [1.29, 1.82) is 0 Å². The second-order valence-electron chi connectivity index (χ2n) is 3.78. The van der Waals surface area contributed by atoms with Gasteiger partial charge in [-0.3, -0.25) is 14.8 Å². The van der Waals surface area contributed by atoms with E-state index in [9.17, 15) is 10.1 Å². The van der Waals surface area contributed by atoms with E-state index in [0.29, 0.717) is 12.3 Å². The van der Waals surface area contributed by atoms with Gasteiger partial charge >= 0.3 is 5.88 Å². The van der Waals surface area contributed by atoms with Gasteiger partial charge in [0.25, 0.3) is 0 Å². The zero-order valence-electron chi connectivity index (χ0n) is 9.64. The number of furan rings is 1. The van der Waals surface area contributed by atoms with Gasteiger partial charge in [0, 0.05) is 11.4 Å². The normalized spacial score (nSPS) is 10.5. The van der Waals surface area contributed by atoms with Crippen molar-refractivity contribution >= 4 is 5.88 Å². The van der Waals surface area contributed by atoms with Gasteiger partial charge in [0.2, 0.25) is 0 Å². The van der Waals surface area contributed by atoms with Crippen LogP contribution in [0.5, 0.6) is 0 Å². The number of nitrogens with zero attached hydrogens (tertiary/aromatic N) is 2. The minimum Gasteiger partial charge on any atom is -0.404 e. The standard InChI is InChI=1S/C11H13N3O3/c1-8-3-4-9(2)13(8)12-7-10-5-6-11(17-10)14(15)16/h3-6,12H,7H2,1-2H3. The number of hydrogen-bond acceptors (Lipinski definition) is 4. The fraction of sp³-hybridized carbons (Fsp3) is 0.273. The number of nitro groups is 1. The predicted octanol–water partition coefficient (Wildman–Crippen LogP) is 2.35. The Morgan fingerprint density at radius 1 is 1.29 bits per heavy atom. The molecule has 1 N–H and O–H groups in total. The van der Waals surface area contributed by atoms with Gasteiger partial charge in [-0.2, -0.15) is 0 Å². The molecule has 6 nitrogen and oxygen atoms in total. The van der Waals surface area contributed by atoms with Crippen molar-refractivity contribution in [2.45, 2.75) is 20.4 Å². The highest BCUT2D eigenvalue weighted by Crippen LogP contribution is 2.15. The van der Waals surface area contributed by atoms with Crippen molar-refractivity contribution in [2.75, 3.05) is 5.43 Å². The Kier molecular flexibility index (Phi) is 2.86. The third-order valence-corrected chi connectivity index (χ3v) is 2.51. The van der Waals surface area contributed by atoms with E-state index in [0.717, 1.165) is 11.4 Å². The average Bonchev–Trinajstić information content (AvgIpc) is 2.85. The van der Waals surface area contributed by atoms with Gasteiger partial charge < -0.3 is 9.84 Å². The highest BCUT2D eigenvalue weighted by Gasteiger charge is 2.11. The number of aryl methyl sites for hydroxylation is 2. The largest absolute Gasteiger partial charge is 0.433 e. The molecule has 2 aromatic rings. The maximum absolute atomic E-state index is 10.4. The minimum absolute atomic E-state index is 0.234. The Morgan fingerprint density at radius 2 is 1.94 bits per heavy atom. The molecule has 6 heteroatoms. The Labute approximate surface area is 98.0 Å². The van der Waals surface area contributed by atoms with Gasteiger partial charge in [-0.15, -0.1) is 0 Å². The summed E-state index contributed by atoms with van der Waals surface area (Å²) in [7, 11) is 0. The lowest BCUT2D eigenvalue weighted by Gasteiger charge is -2.10. The second-order valence-corrected chi connectivity index (χ2v) is 3.78. The van der Waals surface area contributed by atoms with Gasteiger partial charge in [-0.25, -0.2) is 0 Å². The Bertz CT molecular complexity index is 522. The van der Waals surface area contributed by atoms with Gasteiger partial charge in [-0.05, 0) is 32.0 Å². The van der Waals surface area contributed by atoms with E-state index < -0.39 is 4.92 Å². The molecule has 0 aliphatic rings. The summed E-state index contributed by atoms with van der Waals surface area (Å²) in [6.07, 6.45) is 0. The molecule has 0 aliphatic carbocycles. The molecule has 0 radical (unpaired) electrons. The maximum Gasteiger partial charge on any atom is 0.433 e. The highest BCUT2D eigenvalue weighted by atomic mass is 16.6. The summed E-state index contributed by atoms with van der Waals surface area (Å²) >= 11 is 0. The molecule has 17 heavy (non-hydrogen) atoms. The number of rotatable bonds is 4. The van der Waals surface area contributed by atoms with Crippen LogP contribution >= 0.6 is 0 Å². The molecule has 2 heterocycles. The van der Waals surface area contributed by atoms with Crippen LogP contribution in [0.4, 0.5) is 5.88 Å². The molecule has 2 aromatic heterocycles. The molecule has 0 aromatic carbocycles. The van der Waals surface area contributed by atoms with Crippen molar-refractivity contribution in [3.8, 4) is 0 Å². The Morgan fingerprint density at radius 3 is 2.47 bits per heavy atom. The summed E-state index contributed by atoms with van der Waals surface area (Å²) in [5.74, 6) is 0.298. The molecule has 0 amide bonds. The van der Waals surface area contributed by atoms with E-state index in [-0.39, 0.29) is 5.88 Å². The molecular weight excluding hydrogens is 222 g/mol. The van der Waals surface area contributed by atoms with Crippen molar-refractivity contribution in [2.24, 2.45) is 0 Å². The van der Waals surface area contributed by atoms with Crippen LogP contribution in [0.15, 0.2) is 28.7 Å². The summed E-state index contributed by atoms with van der Waals surface area (Å²) in [5.41, 5.74) is 5.28. The zero-order valence-corrected chi connectivity index (χ0v) is 9.64. The second kappa shape index (κ2) is 4.32. The fourth-order valence-corrected chi connectivity index (χ4v) is 1.63. The lowest BCUT2D eigenvalue weighted by atomic mass is 10.4. The Hall–Kier alpha value is -2.24. The first-order chi connectivity index (χ1) is 8.08. The molecular formula is C11H13N3O3. The molecule has 0 bridgehead atoms. The summed E-state index contributed by atoms with van der Waals surface area (Å²) in [6, 6.07) is 6.94. The fourth-order valence-electron chi connectivity index (χ4n) is 1.63. The highest BCUT2D eigenvalue weighted by molar-refractivity contribution is 5.20. The molecule has 0 unspecified atom stereocenters. The average molecular weight is 235 g/mol. The van der Waals surface area contributed by atoms with Crippen LogP contribution in [0.2, 0.25) is 0 Å². The first kappa shape index (κ1) is 11.3. The monoisotopic (exact) mass is 235 g/mol. The molecule has 0 saturated heterocycles. The van der Waals surface area contributed by atoms with Crippen molar-refractivity contribution < 1.29 is 9.34 Å². The molecule has 0 fully saturated rings. The van der Waals surface area contributed by atoms with Crippen LogP contribution in [0, 0.1) is 24.0 Å². The summed E-state index contributed by atoms with van der Waals surface area (Å²) in [4.78, 5) is 9.90. The van der Waals surface area contributed by atoms with Crippen LogP contribution < -0.4 is 5.43 Å². The van der Waals surface area contributed by atoms with Crippen molar-refractivity contribution in [1.82, 2.24) is 4.68 Å². The lowest BCUT2D eigenvalue weighted by Crippen LogP contribution is -2.16. The molecule has 0 atom stereocenters. The van der Waals surface area contributed by atoms with Crippen LogP contribution in [0.1, 0.15) is 17.1 Å². The van der Waals surface area contributed by atoms with E-state index in [1.807, 2.05) is 30.7 Å². The third kappa shape index (κ3) is 2.30. The van der Waals surface area contributed by atoms with E-state index in [4.69, 9.17) is 4.42 Å². The molecule has 0 spiro atoms. The smallest absolute Gasteiger partial charge is 0.404 e. The molecule has 90 valence electrons. The number of aromatic nitrogens is 1. The molecule has 0 saturated carbocycles. The maximum atomic E-state index is 10.4. The van der Waals surface area contributed by atoms with E-state index >= 15 is 0 Å². The predicted molar refractivity (Wildman–Crippen MR) is 62.3 cm³/mol. The quantitative estimate of drug-likeness (QED) is 0.652. The van der Waals surface area contributed by atoms with Crippen LogP contribution in [-0.4, -0.2) is 9.60 Å². The Balaban J connectivity index is 2.05. The van der Waals surface area contributed by atoms with Crippen LogP contribution in [0.25, 0.3) is 0 Å². The summed E-state index contributed by atoms with van der Waals surface area (Å²) in [6.45, 7) is 4.36. The first-order valence-corrected chi connectivity index (χ1v) is 5.20. The topological polar surface area (TPSA) is 73.2 Å². The third-order valence-electron chi connectivity index (χ3n) is 2.51. The zero-order chi connectivity index (χ0) is 12.4. The van der Waals surface area contributed by atoms with E-state index in [1.165, 1.54) is 6.07 Å². The SMILES string of the molecule is Cc1ccc(C)n1NCc1ccc([N+](=O)[O-])o1. The van der Waals surface area contributed by atoms with Gasteiger partial charge in [-0.1, -0.05) is 0 Å². The van der Waals surface area contributed by atoms with Crippen LogP contribution in [-0.2, 0) is 6.54 Å². The molecule has 0 aliphatic heterocycles. The summed E-state index contributed by atoms with van der Waals surface area (Å²) in [5, 5.41) is 10.4. The van der Waals surface area contributed by atoms with Crippen molar-refractivity contribution in [3.63, 3.8) is 0 Å². The summed E-state index contributed by atoms with van der Waals surface area (Å²) < 4.78 is 6.96. The van der Waals surface area contributed by atoms with E-state index in [1.54, 1.807) is 6.07 Å². The van der Waals surface area contributed by atoms with Gasteiger partial charge in [0.15, 0.2) is 0 Å². The first-order valence-electron chi connectivity index (χ1n) is 5.20. The minimum atomic E-state index is -0.546. The van der Waals surface area contributed by atoms with Crippen molar-refractivity contribution in [3.05, 3.63) is 51.5 Å². The number of hydrogen-bond donors (Lipinski definition) is 1. The lowest BCUT2D eigenvalue weighted by molar-refractivity contribution is -0.402. The van der Waals surface area contributed by atoms with Gasteiger partial charge in [0.05, 0.1) is 12.6 Å². The number of nitrogens with one attached hydrogen (secondary N) is 1. The molecule has 2 rings (SSSR count). The van der Waals surface area contributed by atoms with E-state index in [2.05, 4.69) is 5.43 Å². The van der Waals surface area contributed by atoms with Gasteiger partial charge in [0.1, 0.15) is 10.7 Å². The van der Waals surface area contributed by atoms with Crippen LogP contribution in [0.3, 0.4) is 0 Å².